The first-order valence-corrected chi connectivity index (χ1v) is 4.07. The molecule has 0 spiro atoms. The van der Waals surface area contributed by atoms with Crippen molar-refractivity contribution in [1.29, 1.82) is 0 Å². The van der Waals surface area contributed by atoms with E-state index < -0.39 is 11.9 Å². The Morgan fingerprint density at radius 1 is 1.62 bits per heavy atom. The van der Waals surface area contributed by atoms with Gasteiger partial charge < -0.3 is 9.84 Å². The Morgan fingerprint density at radius 3 is 2.69 bits per heavy atom. The van der Waals surface area contributed by atoms with Gasteiger partial charge in [0.2, 0.25) is 0 Å². The SMILES string of the molecule is C=CCOC(=O)CC[C@H](C)C(=O)O. The summed E-state index contributed by atoms with van der Waals surface area (Å²) in [6, 6.07) is 0. The quantitative estimate of drug-likeness (QED) is 0.500. The lowest BCUT2D eigenvalue weighted by Gasteiger charge is -2.04. The molecule has 0 heterocycles. The minimum atomic E-state index is -0.892. The van der Waals surface area contributed by atoms with E-state index in [0.29, 0.717) is 6.42 Å². The highest BCUT2D eigenvalue weighted by atomic mass is 16.5. The highest BCUT2D eigenvalue weighted by Crippen LogP contribution is 2.06. The normalized spacial score (nSPS) is 11.8. The van der Waals surface area contributed by atoms with Crippen molar-refractivity contribution in [3.63, 3.8) is 0 Å². The fourth-order valence-corrected chi connectivity index (χ4v) is 0.682. The zero-order chi connectivity index (χ0) is 10.3. The minimum Gasteiger partial charge on any atom is -0.481 e. The standard InChI is InChI=1S/C9H14O4/c1-3-6-13-8(10)5-4-7(2)9(11)12/h3,7H,1,4-6H2,2H3,(H,11,12)/t7-/m0/s1. The summed E-state index contributed by atoms with van der Waals surface area (Å²) in [5, 5.41) is 8.50. The van der Waals surface area contributed by atoms with Crippen molar-refractivity contribution in [3.05, 3.63) is 12.7 Å². The van der Waals surface area contributed by atoms with Crippen LogP contribution >= 0.6 is 0 Å². The maximum absolute atomic E-state index is 10.9. The van der Waals surface area contributed by atoms with Crippen molar-refractivity contribution < 1.29 is 19.4 Å². The third-order valence-corrected chi connectivity index (χ3v) is 1.57. The largest absolute Gasteiger partial charge is 0.481 e. The second-order valence-electron chi connectivity index (χ2n) is 2.75. The Balaban J connectivity index is 3.57. The van der Waals surface area contributed by atoms with Crippen LogP contribution in [-0.4, -0.2) is 23.7 Å². The summed E-state index contributed by atoms with van der Waals surface area (Å²) in [7, 11) is 0. The summed E-state index contributed by atoms with van der Waals surface area (Å²) in [5.74, 6) is -1.78. The van der Waals surface area contributed by atoms with Gasteiger partial charge in [-0.1, -0.05) is 19.6 Å². The highest BCUT2D eigenvalue weighted by Gasteiger charge is 2.13. The number of esters is 1. The lowest BCUT2D eigenvalue weighted by molar-refractivity contribution is -0.144. The Morgan fingerprint density at radius 2 is 2.23 bits per heavy atom. The summed E-state index contributed by atoms with van der Waals surface area (Å²) >= 11 is 0. The molecule has 4 heteroatoms. The van der Waals surface area contributed by atoms with Gasteiger partial charge in [0.15, 0.2) is 0 Å². The molecule has 4 nitrogen and oxygen atoms in total. The van der Waals surface area contributed by atoms with Crippen molar-refractivity contribution >= 4 is 11.9 Å². The molecule has 0 amide bonds. The van der Waals surface area contributed by atoms with Crippen molar-refractivity contribution in [2.24, 2.45) is 5.92 Å². The van der Waals surface area contributed by atoms with Crippen LogP contribution in [0, 0.1) is 5.92 Å². The van der Waals surface area contributed by atoms with Gasteiger partial charge in [-0.15, -0.1) is 0 Å². The van der Waals surface area contributed by atoms with E-state index in [0.717, 1.165) is 0 Å². The molecule has 13 heavy (non-hydrogen) atoms. The molecular weight excluding hydrogens is 172 g/mol. The molecule has 0 aromatic heterocycles. The predicted octanol–water partition coefficient (Wildman–Crippen LogP) is 1.22. The molecule has 0 aliphatic rings. The van der Waals surface area contributed by atoms with Crippen LogP contribution in [0.3, 0.4) is 0 Å². The summed E-state index contributed by atoms with van der Waals surface area (Å²) in [6.45, 7) is 5.12. The fourth-order valence-electron chi connectivity index (χ4n) is 0.682. The van der Waals surface area contributed by atoms with E-state index in [1.165, 1.54) is 6.08 Å². The molecule has 0 radical (unpaired) electrons. The first-order chi connectivity index (χ1) is 6.07. The molecular formula is C9H14O4. The van der Waals surface area contributed by atoms with Crippen molar-refractivity contribution in [2.45, 2.75) is 19.8 Å². The molecule has 0 aliphatic heterocycles. The maximum atomic E-state index is 10.9. The van der Waals surface area contributed by atoms with E-state index in [9.17, 15) is 9.59 Å². The van der Waals surface area contributed by atoms with Crippen LogP contribution in [0.4, 0.5) is 0 Å². The van der Waals surface area contributed by atoms with Gasteiger partial charge in [0.25, 0.3) is 0 Å². The molecule has 0 unspecified atom stereocenters. The lowest BCUT2D eigenvalue weighted by atomic mass is 10.1. The van der Waals surface area contributed by atoms with Crippen LogP contribution in [0.5, 0.6) is 0 Å². The molecule has 1 atom stereocenters. The number of hydrogen-bond donors (Lipinski definition) is 1. The number of aliphatic carboxylic acids is 1. The molecule has 0 saturated heterocycles. The van der Waals surface area contributed by atoms with Crippen LogP contribution in [0.2, 0.25) is 0 Å². The molecule has 0 saturated carbocycles. The molecule has 74 valence electrons. The van der Waals surface area contributed by atoms with Crippen LogP contribution in [0.15, 0.2) is 12.7 Å². The average molecular weight is 186 g/mol. The van der Waals surface area contributed by atoms with Gasteiger partial charge in [-0.05, 0) is 6.42 Å². The van der Waals surface area contributed by atoms with E-state index >= 15 is 0 Å². The Labute approximate surface area is 77.2 Å². The first kappa shape index (κ1) is 11.7. The monoisotopic (exact) mass is 186 g/mol. The smallest absolute Gasteiger partial charge is 0.306 e. The summed E-state index contributed by atoms with van der Waals surface area (Å²) in [6.07, 6.45) is 1.92. The van der Waals surface area contributed by atoms with Crippen LogP contribution in [0.1, 0.15) is 19.8 Å². The Bertz CT molecular complexity index is 198. The molecule has 1 N–H and O–H groups in total. The lowest BCUT2D eigenvalue weighted by Crippen LogP contribution is -2.12. The molecule has 0 aromatic rings. The van der Waals surface area contributed by atoms with Gasteiger partial charge >= 0.3 is 11.9 Å². The van der Waals surface area contributed by atoms with Crippen LogP contribution in [-0.2, 0) is 14.3 Å². The average Bonchev–Trinajstić information content (AvgIpc) is 2.10. The molecule has 0 aliphatic carbocycles. The number of hydrogen-bond acceptors (Lipinski definition) is 3. The Hall–Kier alpha value is -1.32. The molecule has 0 rings (SSSR count). The van der Waals surface area contributed by atoms with Crippen molar-refractivity contribution in [1.82, 2.24) is 0 Å². The van der Waals surface area contributed by atoms with Gasteiger partial charge in [0.05, 0.1) is 5.92 Å². The number of carbonyl (C=O) groups is 2. The maximum Gasteiger partial charge on any atom is 0.306 e. The third kappa shape index (κ3) is 5.90. The molecule has 0 bridgehead atoms. The van der Waals surface area contributed by atoms with Gasteiger partial charge in [0, 0.05) is 6.42 Å². The zero-order valence-electron chi connectivity index (χ0n) is 7.66. The number of carboxylic acid groups (broad SMARTS) is 1. The number of carbonyl (C=O) groups excluding carboxylic acids is 1. The zero-order valence-corrected chi connectivity index (χ0v) is 7.66. The van der Waals surface area contributed by atoms with E-state index in [1.807, 2.05) is 0 Å². The van der Waals surface area contributed by atoms with E-state index in [4.69, 9.17) is 5.11 Å². The highest BCUT2D eigenvalue weighted by molar-refractivity contribution is 5.72. The van der Waals surface area contributed by atoms with Gasteiger partial charge in [-0.25, -0.2) is 0 Å². The van der Waals surface area contributed by atoms with Gasteiger partial charge in [0.1, 0.15) is 6.61 Å². The second kappa shape index (κ2) is 6.22. The van der Waals surface area contributed by atoms with Crippen LogP contribution < -0.4 is 0 Å². The van der Waals surface area contributed by atoms with E-state index in [1.54, 1.807) is 6.92 Å². The van der Waals surface area contributed by atoms with E-state index in [-0.39, 0.29) is 19.0 Å². The number of rotatable bonds is 6. The third-order valence-electron chi connectivity index (χ3n) is 1.57. The van der Waals surface area contributed by atoms with E-state index in [2.05, 4.69) is 11.3 Å². The van der Waals surface area contributed by atoms with Gasteiger partial charge in [-0.3, -0.25) is 9.59 Å². The Kier molecular flexibility index (Phi) is 5.59. The first-order valence-electron chi connectivity index (χ1n) is 4.07. The summed E-state index contributed by atoms with van der Waals surface area (Å²) in [4.78, 5) is 21.2. The predicted molar refractivity (Wildman–Crippen MR) is 47.2 cm³/mol. The number of carboxylic acids is 1. The fraction of sp³-hybridized carbons (Fsp3) is 0.556. The van der Waals surface area contributed by atoms with Crippen molar-refractivity contribution in [2.75, 3.05) is 6.61 Å². The second-order valence-corrected chi connectivity index (χ2v) is 2.75. The van der Waals surface area contributed by atoms with Crippen molar-refractivity contribution in [3.8, 4) is 0 Å². The topological polar surface area (TPSA) is 63.6 Å². The van der Waals surface area contributed by atoms with Gasteiger partial charge in [-0.2, -0.15) is 0 Å². The summed E-state index contributed by atoms with van der Waals surface area (Å²) in [5.41, 5.74) is 0. The molecule has 0 aromatic carbocycles. The van der Waals surface area contributed by atoms with Crippen LogP contribution in [0.25, 0.3) is 0 Å². The minimum absolute atomic E-state index is 0.140. The molecule has 0 fully saturated rings. The summed E-state index contributed by atoms with van der Waals surface area (Å²) < 4.78 is 4.67. The number of ether oxygens (including phenoxy) is 1.